The molecule has 1 aromatic carbocycles. The third-order valence-electron chi connectivity index (χ3n) is 3.69. The minimum atomic E-state index is -0.340. The summed E-state index contributed by atoms with van der Waals surface area (Å²) in [5, 5.41) is 2.86. The normalized spacial score (nSPS) is 13.1. The molecule has 2 atom stereocenters. The number of benzene rings is 1. The zero-order chi connectivity index (χ0) is 16.4. The fourth-order valence-corrected chi connectivity index (χ4v) is 2.20. The van der Waals surface area contributed by atoms with Crippen molar-refractivity contribution in [1.29, 1.82) is 0 Å². The SMILES string of the molecule is CC(C)=CCCC(C)CCOC(=O)NC(C)c1ccccc1. The van der Waals surface area contributed by atoms with Crippen LogP contribution in [0.15, 0.2) is 42.0 Å². The third-order valence-corrected chi connectivity index (χ3v) is 3.69. The van der Waals surface area contributed by atoms with E-state index in [1.54, 1.807) is 0 Å². The molecular weight excluding hydrogens is 274 g/mol. The number of alkyl carbamates (subject to hydrolysis) is 1. The van der Waals surface area contributed by atoms with Crippen molar-refractivity contribution < 1.29 is 9.53 Å². The van der Waals surface area contributed by atoms with E-state index in [4.69, 9.17) is 4.74 Å². The average molecular weight is 303 g/mol. The Morgan fingerprint density at radius 1 is 1.18 bits per heavy atom. The summed E-state index contributed by atoms with van der Waals surface area (Å²) in [7, 11) is 0. The first-order chi connectivity index (χ1) is 10.5. The van der Waals surface area contributed by atoms with Crippen molar-refractivity contribution in [2.45, 2.75) is 53.0 Å². The zero-order valence-corrected chi connectivity index (χ0v) is 14.3. The lowest BCUT2D eigenvalue weighted by Crippen LogP contribution is -2.27. The molecule has 0 spiro atoms. The van der Waals surface area contributed by atoms with Crippen LogP contribution in [0.4, 0.5) is 4.79 Å². The maximum atomic E-state index is 11.8. The van der Waals surface area contributed by atoms with E-state index >= 15 is 0 Å². The molecule has 0 saturated heterocycles. The second-order valence-corrected chi connectivity index (χ2v) is 6.17. The molecule has 0 aliphatic heterocycles. The van der Waals surface area contributed by atoms with Gasteiger partial charge in [-0.05, 0) is 51.5 Å². The first-order valence-corrected chi connectivity index (χ1v) is 8.10. The van der Waals surface area contributed by atoms with Gasteiger partial charge in [-0.2, -0.15) is 0 Å². The minimum absolute atomic E-state index is 0.0382. The van der Waals surface area contributed by atoms with Gasteiger partial charge in [-0.3, -0.25) is 0 Å². The summed E-state index contributed by atoms with van der Waals surface area (Å²) >= 11 is 0. The first-order valence-electron chi connectivity index (χ1n) is 8.10. The maximum Gasteiger partial charge on any atom is 0.407 e. The van der Waals surface area contributed by atoms with Gasteiger partial charge in [0.25, 0.3) is 0 Å². The number of amides is 1. The van der Waals surface area contributed by atoms with E-state index in [0.29, 0.717) is 12.5 Å². The highest BCUT2D eigenvalue weighted by atomic mass is 16.5. The number of rotatable bonds is 8. The monoisotopic (exact) mass is 303 g/mol. The van der Waals surface area contributed by atoms with Crippen molar-refractivity contribution in [3.8, 4) is 0 Å². The van der Waals surface area contributed by atoms with Crippen LogP contribution in [0.5, 0.6) is 0 Å². The second kappa shape index (κ2) is 10.0. The van der Waals surface area contributed by atoms with Gasteiger partial charge in [0, 0.05) is 0 Å². The predicted molar refractivity (Wildman–Crippen MR) is 91.8 cm³/mol. The first kappa shape index (κ1) is 18.3. The van der Waals surface area contributed by atoms with E-state index in [2.05, 4.69) is 32.2 Å². The molecule has 3 nitrogen and oxygen atoms in total. The van der Waals surface area contributed by atoms with Gasteiger partial charge in [-0.1, -0.05) is 48.9 Å². The highest BCUT2D eigenvalue weighted by molar-refractivity contribution is 5.67. The molecule has 22 heavy (non-hydrogen) atoms. The van der Waals surface area contributed by atoms with Gasteiger partial charge >= 0.3 is 6.09 Å². The van der Waals surface area contributed by atoms with Crippen LogP contribution in [0.3, 0.4) is 0 Å². The lowest BCUT2D eigenvalue weighted by atomic mass is 10.0. The topological polar surface area (TPSA) is 38.3 Å². The fraction of sp³-hybridized carbons (Fsp3) is 0.526. The summed E-state index contributed by atoms with van der Waals surface area (Å²) in [5.41, 5.74) is 2.44. The smallest absolute Gasteiger partial charge is 0.407 e. The molecule has 1 amide bonds. The third kappa shape index (κ3) is 7.87. The van der Waals surface area contributed by atoms with Crippen LogP contribution in [0, 0.1) is 5.92 Å². The number of ether oxygens (including phenoxy) is 1. The Bertz CT molecular complexity index is 464. The predicted octanol–water partition coefficient (Wildman–Crippen LogP) is 5.25. The van der Waals surface area contributed by atoms with Crippen molar-refractivity contribution in [2.24, 2.45) is 5.92 Å². The van der Waals surface area contributed by atoms with Crippen LogP contribution < -0.4 is 5.32 Å². The van der Waals surface area contributed by atoms with Gasteiger partial charge in [0.05, 0.1) is 12.6 Å². The Balaban J connectivity index is 2.19. The molecule has 1 rings (SSSR count). The highest BCUT2D eigenvalue weighted by Crippen LogP contribution is 2.13. The molecule has 1 aromatic rings. The number of hydrogen-bond donors (Lipinski definition) is 1. The van der Waals surface area contributed by atoms with E-state index in [9.17, 15) is 4.79 Å². The van der Waals surface area contributed by atoms with Crippen molar-refractivity contribution in [3.63, 3.8) is 0 Å². The molecular formula is C19H29NO2. The largest absolute Gasteiger partial charge is 0.450 e. The molecule has 0 radical (unpaired) electrons. The number of hydrogen-bond acceptors (Lipinski definition) is 2. The molecule has 0 heterocycles. The summed E-state index contributed by atoms with van der Waals surface area (Å²) < 4.78 is 5.27. The van der Waals surface area contributed by atoms with E-state index in [1.807, 2.05) is 37.3 Å². The highest BCUT2D eigenvalue weighted by Gasteiger charge is 2.10. The quantitative estimate of drug-likeness (QED) is 0.666. The summed E-state index contributed by atoms with van der Waals surface area (Å²) in [6, 6.07) is 9.85. The summed E-state index contributed by atoms with van der Waals surface area (Å²) in [5.74, 6) is 0.565. The van der Waals surface area contributed by atoms with Crippen LogP contribution >= 0.6 is 0 Å². The Morgan fingerprint density at radius 3 is 2.50 bits per heavy atom. The summed E-state index contributed by atoms with van der Waals surface area (Å²) in [6.07, 6.45) is 5.06. The molecule has 0 bridgehead atoms. The Kier molecular flexibility index (Phi) is 8.34. The number of carbonyl (C=O) groups is 1. The van der Waals surface area contributed by atoms with Crippen molar-refractivity contribution in [2.75, 3.05) is 6.61 Å². The maximum absolute atomic E-state index is 11.8. The van der Waals surface area contributed by atoms with Gasteiger partial charge in [0.1, 0.15) is 0 Å². The van der Waals surface area contributed by atoms with Gasteiger partial charge < -0.3 is 10.1 Å². The zero-order valence-electron chi connectivity index (χ0n) is 14.3. The molecule has 0 fully saturated rings. The standard InChI is InChI=1S/C19H29NO2/c1-15(2)9-8-10-16(3)13-14-22-19(21)20-17(4)18-11-6-5-7-12-18/h5-7,9,11-12,16-17H,8,10,13-14H2,1-4H3,(H,20,21). The van der Waals surface area contributed by atoms with Gasteiger partial charge in [-0.25, -0.2) is 4.79 Å². The van der Waals surface area contributed by atoms with Crippen LogP contribution in [0.25, 0.3) is 0 Å². The molecule has 3 heteroatoms. The van der Waals surface area contributed by atoms with Gasteiger partial charge in [0.2, 0.25) is 0 Å². The molecule has 0 aliphatic carbocycles. The van der Waals surface area contributed by atoms with E-state index in [0.717, 1.165) is 24.8 Å². The van der Waals surface area contributed by atoms with Gasteiger partial charge in [0.15, 0.2) is 0 Å². The molecule has 122 valence electrons. The van der Waals surface area contributed by atoms with Crippen LogP contribution in [-0.2, 0) is 4.74 Å². The van der Waals surface area contributed by atoms with E-state index < -0.39 is 0 Å². The number of carbonyl (C=O) groups excluding carboxylic acids is 1. The number of nitrogens with one attached hydrogen (secondary N) is 1. The van der Waals surface area contributed by atoms with Crippen LogP contribution in [0.2, 0.25) is 0 Å². The van der Waals surface area contributed by atoms with Crippen LogP contribution in [0.1, 0.15) is 58.6 Å². The summed E-state index contributed by atoms with van der Waals surface area (Å²) in [6.45, 7) is 8.87. The molecule has 1 N–H and O–H groups in total. The Labute approximate surface area is 134 Å². The minimum Gasteiger partial charge on any atom is -0.450 e. The molecule has 0 saturated carbocycles. The average Bonchev–Trinajstić information content (AvgIpc) is 2.47. The van der Waals surface area contributed by atoms with Crippen LogP contribution in [-0.4, -0.2) is 12.7 Å². The van der Waals surface area contributed by atoms with Gasteiger partial charge in [-0.15, -0.1) is 0 Å². The second-order valence-electron chi connectivity index (χ2n) is 6.17. The molecule has 0 aliphatic rings. The van der Waals surface area contributed by atoms with E-state index in [1.165, 1.54) is 5.57 Å². The lowest BCUT2D eigenvalue weighted by Gasteiger charge is -2.15. The summed E-state index contributed by atoms with van der Waals surface area (Å²) in [4.78, 5) is 11.8. The van der Waals surface area contributed by atoms with Crippen molar-refractivity contribution in [1.82, 2.24) is 5.32 Å². The van der Waals surface area contributed by atoms with Crippen molar-refractivity contribution >= 4 is 6.09 Å². The lowest BCUT2D eigenvalue weighted by molar-refractivity contribution is 0.136. The molecule has 2 unspecified atom stereocenters. The molecule has 0 aromatic heterocycles. The number of allylic oxidation sites excluding steroid dienone is 2. The Morgan fingerprint density at radius 2 is 1.86 bits per heavy atom. The van der Waals surface area contributed by atoms with E-state index in [-0.39, 0.29) is 12.1 Å². The fourth-order valence-electron chi connectivity index (χ4n) is 2.20. The van der Waals surface area contributed by atoms with Crippen molar-refractivity contribution in [3.05, 3.63) is 47.5 Å². The Hall–Kier alpha value is -1.77.